The van der Waals surface area contributed by atoms with Crippen LogP contribution in [0.1, 0.15) is 43.2 Å². The minimum Gasteiger partial charge on any atom is -0.0943 e. The molecule has 82 valence electrons. The highest BCUT2D eigenvalue weighted by Gasteiger charge is 2.43. The van der Waals surface area contributed by atoms with Crippen LogP contribution in [0, 0.1) is 0 Å². The molecule has 2 aliphatic carbocycles. The van der Waals surface area contributed by atoms with E-state index in [9.17, 15) is 0 Å². The van der Waals surface area contributed by atoms with Crippen LogP contribution in [-0.2, 0) is 5.41 Å². The van der Waals surface area contributed by atoms with E-state index in [4.69, 9.17) is 0 Å². The van der Waals surface area contributed by atoms with Gasteiger partial charge in [-0.3, -0.25) is 0 Å². The predicted molar refractivity (Wildman–Crippen MR) is 69.4 cm³/mol. The van der Waals surface area contributed by atoms with Gasteiger partial charge in [-0.2, -0.15) is 0 Å². The quantitative estimate of drug-likeness (QED) is 0.592. The Morgan fingerprint density at radius 2 is 1.62 bits per heavy atom. The van der Waals surface area contributed by atoms with Gasteiger partial charge in [-0.15, -0.1) is 0 Å². The van der Waals surface area contributed by atoms with Gasteiger partial charge in [0.05, 0.1) is 0 Å². The van der Waals surface area contributed by atoms with Gasteiger partial charge in [0.25, 0.3) is 0 Å². The molecule has 0 saturated heterocycles. The van der Waals surface area contributed by atoms with Gasteiger partial charge in [0, 0.05) is 5.41 Å². The Bertz CT molecular complexity index is 459. The fourth-order valence-corrected chi connectivity index (χ4v) is 3.50. The molecule has 0 radical (unpaired) electrons. The van der Waals surface area contributed by atoms with Crippen molar-refractivity contribution in [3.05, 3.63) is 54.1 Å². The van der Waals surface area contributed by atoms with E-state index in [1.165, 1.54) is 54.4 Å². The molecule has 0 heteroatoms. The highest BCUT2D eigenvalue weighted by molar-refractivity contribution is 5.88. The number of benzene rings is 1. The van der Waals surface area contributed by atoms with Crippen LogP contribution in [0.25, 0.3) is 5.57 Å². The molecule has 1 saturated carbocycles. The molecule has 0 unspecified atom stereocenters. The summed E-state index contributed by atoms with van der Waals surface area (Å²) in [4.78, 5) is 0. The van der Waals surface area contributed by atoms with Crippen molar-refractivity contribution < 1.29 is 0 Å². The zero-order chi connectivity index (χ0) is 11.2. The van der Waals surface area contributed by atoms with Gasteiger partial charge in [0.15, 0.2) is 0 Å². The lowest BCUT2D eigenvalue weighted by Crippen LogP contribution is -2.27. The Labute approximate surface area is 97.7 Å². The minimum absolute atomic E-state index is 0.242. The molecular formula is C16H18. The van der Waals surface area contributed by atoms with Crippen molar-refractivity contribution in [3.8, 4) is 0 Å². The molecule has 3 rings (SSSR count). The molecule has 0 atom stereocenters. The zero-order valence-electron chi connectivity index (χ0n) is 9.76. The van der Waals surface area contributed by atoms with Gasteiger partial charge >= 0.3 is 0 Å². The Morgan fingerprint density at radius 3 is 2.38 bits per heavy atom. The first-order valence-electron chi connectivity index (χ1n) is 6.24. The van der Waals surface area contributed by atoms with Crippen LogP contribution < -0.4 is 0 Å². The summed E-state index contributed by atoms with van der Waals surface area (Å²) in [5.74, 6) is 0. The first-order valence-corrected chi connectivity index (χ1v) is 6.24. The van der Waals surface area contributed by atoms with Gasteiger partial charge in [-0.25, -0.2) is 0 Å². The maximum Gasteiger partial charge on any atom is 0.0209 e. The smallest absolute Gasteiger partial charge is 0.0209 e. The summed E-state index contributed by atoms with van der Waals surface area (Å²) in [7, 11) is 0. The molecule has 1 aromatic rings. The largest absolute Gasteiger partial charge is 0.0943 e. The van der Waals surface area contributed by atoms with E-state index in [0.717, 1.165) is 0 Å². The molecule has 0 nitrogen and oxygen atoms in total. The van der Waals surface area contributed by atoms with Crippen molar-refractivity contribution in [3.63, 3.8) is 0 Å². The van der Waals surface area contributed by atoms with E-state index in [2.05, 4.69) is 37.4 Å². The summed E-state index contributed by atoms with van der Waals surface area (Å²) in [5.41, 5.74) is 5.54. The second-order valence-corrected chi connectivity index (χ2v) is 5.15. The average Bonchev–Trinajstić information content (AvgIpc) is 2.55. The molecule has 0 N–H and O–H groups in total. The fourth-order valence-electron chi connectivity index (χ4n) is 3.50. The lowest BCUT2D eigenvalue weighted by Gasteiger charge is -2.35. The SMILES string of the molecule is C=C1C(=C)C2(CCCCC2)c2ccccc21. The molecule has 0 aromatic heterocycles. The first kappa shape index (κ1) is 9.89. The van der Waals surface area contributed by atoms with E-state index in [-0.39, 0.29) is 5.41 Å². The van der Waals surface area contributed by atoms with E-state index in [1.807, 2.05) is 0 Å². The summed E-state index contributed by atoms with van der Waals surface area (Å²) in [6.07, 6.45) is 6.58. The van der Waals surface area contributed by atoms with E-state index >= 15 is 0 Å². The van der Waals surface area contributed by atoms with E-state index < -0.39 is 0 Å². The lowest BCUT2D eigenvalue weighted by molar-refractivity contribution is 0.353. The van der Waals surface area contributed by atoms with Gasteiger partial charge in [-0.1, -0.05) is 56.7 Å². The van der Waals surface area contributed by atoms with Crippen molar-refractivity contribution in [1.82, 2.24) is 0 Å². The third kappa shape index (κ3) is 1.10. The topological polar surface area (TPSA) is 0 Å². The predicted octanol–water partition coefficient (Wildman–Crippen LogP) is 4.47. The highest BCUT2D eigenvalue weighted by atomic mass is 14.5. The molecule has 0 aliphatic heterocycles. The number of fused-ring (bicyclic) bond motifs is 2. The summed E-state index contributed by atoms with van der Waals surface area (Å²) in [5, 5.41) is 0. The van der Waals surface area contributed by atoms with Crippen molar-refractivity contribution in [1.29, 1.82) is 0 Å². The molecule has 0 amide bonds. The molecule has 2 aliphatic rings. The minimum atomic E-state index is 0.242. The van der Waals surface area contributed by atoms with Crippen LogP contribution in [0.5, 0.6) is 0 Å². The van der Waals surface area contributed by atoms with Crippen molar-refractivity contribution in [2.24, 2.45) is 0 Å². The monoisotopic (exact) mass is 210 g/mol. The van der Waals surface area contributed by atoms with Gasteiger partial charge in [0.1, 0.15) is 0 Å². The molecule has 1 fully saturated rings. The number of hydrogen-bond acceptors (Lipinski definition) is 0. The van der Waals surface area contributed by atoms with Crippen molar-refractivity contribution in [2.45, 2.75) is 37.5 Å². The standard InChI is InChI=1S/C16H18/c1-12-13(2)16(10-6-3-7-11-16)15-9-5-4-8-14(12)15/h4-5,8-9H,1-3,6-7,10-11H2. The molecule has 1 aromatic carbocycles. The summed E-state index contributed by atoms with van der Waals surface area (Å²) < 4.78 is 0. The second-order valence-electron chi connectivity index (χ2n) is 5.15. The number of hydrogen-bond donors (Lipinski definition) is 0. The molecule has 0 bridgehead atoms. The van der Waals surface area contributed by atoms with Gasteiger partial charge in [-0.05, 0) is 35.1 Å². The Hall–Kier alpha value is -1.30. The van der Waals surface area contributed by atoms with Crippen LogP contribution in [0.3, 0.4) is 0 Å². The van der Waals surface area contributed by atoms with Crippen molar-refractivity contribution in [2.75, 3.05) is 0 Å². The molecule has 0 heterocycles. The summed E-state index contributed by atoms with van der Waals surface area (Å²) in [6.45, 7) is 8.55. The second kappa shape index (κ2) is 3.35. The Morgan fingerprint density at radius 1 is 0.938 bits per heavy atom. The van der Waals surface area contributed by atoms with Gasteiger partial charge < -0.3 is 0 Å². The molecular weight excluding hydrogens is 192 g/mol. The highest BCUT2D eigenvalue weighted by Crippen LogP contribution is 2.55. The zero-order valence-corrected chi connectivity index (χ0v) is 9.76. The normalized spacial score (nSPS) is 22.5. The van der Waals surface area contributed by atoms with E-state index in [0.29, 0.717) is 0 Å². The fraction of sp³-hybridized carbons (Fsp3) is 0.375. The first-order chi connectivity index (χ1) is 7.76. The van der Waals surface area contributed by atoms with Crippen LogP contribution in [-0.4, -0.2) is 0 Å². The number of rotatable bonds is 0. The van der Waals surface area contributed by atoms with E-state index in [1.54, 1.807) is 0 Å². The number of allylic oxidation sites excluding steroid dienone is 2. The van der Waals surface area contributed by atoms with Crippen LogP contribution in [0.15, 0.2) is 43.0 Å². The summed E-state index contributed by atoms with van der Waals surface area (Å²) in [6, 6.07) is 8.75. The lowest BCUT2D eigenvalue weighted by atomic mass is 9.68. The van der Waals surface area contributed by atoms with Crippen LogP contribution in [0.2, 0.25) is 0 Å². The van der Waals surface area contributed by atoms with Gasteiger partial charge in [0.2, 0.25) is 0 Å². The maximum atomic E-state index is 4.33. The maximum absolute atomic E-state index is 4.33. The van der Waals surface area contributed by atoms with Crippen molar-refractivity contribution >= 4 is 5.57 Å². The molecule has 16 heavy (non-hydrogen) atoms. The van der Waals surface area contributed by atoms with Crippen LogP contribution in [0.4, 0.5) is 0 Å². The molecule has 1 spiro atoms. The third-order valence-corrected chi connectivity index (χ3v) is 4.42. The Balaban J connectivity index is 2.19. The summed E-state index contributed by atoms with van der Waals surface area (Å²) >= 11 is 0. The third-order valence-electron chi connectivity index (χ3n) is 4.42. The Kier molecular flexibility index (Phi) is 2.07. The van der Waals surface area contributed by atoms with Crippen LogP contribution >= 0.6 is 0 Å². The average molecular weight is 210 g/mol.